The summed E-state index contributed by atoms with van der Waals surface area (Å²) in [7, 11) is -0.889. The molecule has 0 radical (unpaired) electrons. The number of hydrogen-bond acceptors (Lipinski definition) is 3. The molecule has 0 saturated carbocycles. The average molecular weight is 379 g/mol. The molecule has 0 aliphatic rings. The predicted molar refractivity (Wildman–Crippen MR) is 114 cm³/mol. The fraction of sp³-hybridized carbons (Fsp3) is 0.125. The van der Waals surface area contributed by atoms with Crippen molar-refractivity contribution in [1.29, 1.82) is 15.8 Å². The van der Waals surface area contributed by atoms with Gasteiger partial charge in [-0.15, -0.1) is 0 Å². The second-order valence-electron chi connectivity index (χ2n) is 6.67. The standard InChI is InChI=1S/C24H18N3P/c1-16-10-19(13-25)4-7-22(16)28(23-8-5-20(14-26)11-17(23)2)24-9-6-21(15-27)12-18(24)3/h4-12H,1-3H3. The van der Waals surface area contributed by atoms with E-state index in [1.165, 1.54) is 15.9 Å². The smallest absolute Gasteiger partial charge is 0.0991 e. The van der Waals surface area contributed by atoms with Crippen molar-refractivity contribution in [2.45, 2.75) is 20.8 Å². The van der Waals surface area contributed by atoms with Gasteiger partial charge in [0.05, 0.1) is 34.9 Å². The summed E-state index contributed by atoms with van der Waals surface area (Å²) >= 11 is 0. The highest BCUT2D eigenvalue weighted by molar-refractivity contribution is 7.80. The van der Waals surface area contributed by atoms with Crippen molar-refractivity contribution in [3.63, 3.8) is 0 Å². The van der Waals surface area contributed by atoms with E-state index in [0.29, 0.717) is 16.7 Å². The molecule has 0 fully saturated rings. The monoisotopic (exact) mass is 379 g/mol. The maximum absolute atomic E-state index is 9.22. The summed E-state index contributed by atoms with van der Waals surface area (Å²) in [4.78, 5) is 0. The highest BCUT2D eigenvalue weighted by atomic mass is 31.1. The summed E-state index contributed by atoms with van der Waals surface area (Å²) in [6.07, 6.45) is 0. The molecule has 3 rings (SSSR count). The molecule has 0 aliphatic carbocycles. The fourth-order valence-corrected chi connectivity index (χ4v) is 6.02. The number of benzene rings is 3. The normalized spacial score (nSPS) is 10.2. The van der Waals surface area contributed by atoms with Gasteiger partial charge in [-0.1, -0.05) is 18.2 Å². The van der Waals surface area contributed by atoms with E-state index < -0.39 is 7.92 Å². The minimum Gasteiger partial charge on any atom is -0.192 e. The van der Waals surface area contributed by atoms with Crippen LogP contribution in [0.2, 0.25) is 0 Å². The Bertz CT molecular complexity index is 1040. The van der Waals surface area contributed by atoms with E-state index in [-0.39, 0.29) is 0 Å². The third kappa shape index (κ3) is 3.66. The number of nitriles is 3. The van der Waals surface area contributed by atoms with Crippen LogP contribution in [0, 0.1) is 54.8 Å². The topological polar surface area (TPSA) is 71.4 Å². The van der Waals surface area contributed by atoms with Crippen LogP contribution in [0.3, 0.4) is 0 Å². The molecule has 0 atom stereocenters. The van der Waals surface area contributed by atoms with E-state index in [4.69, 9.17) is 0 Å². The van der Waals surface area contributed by atoms with Crippen molar-refractivity contribution in [2.75, 3.05) is 0 Å². The summed E-state index contributed by atoms with van der Waals surface area (Å²) in [6.45, 7) is 6.09. The van der Waals surface area contributed by atoms with E-state index >= 15 is 0 Å². The number of rotatable bonds is 3. The van der Waals surface area contributed by atoms with Gasteiger partial charge in [0.15, 0.2) is 0 Å². The summed E-state index contributed by atoms with van der Waals surface area (Å²) in [5.41, 5.74) is 5.13. The van der Waals surface area contributed by atoms with Crippen LogP contribution in [0.15, 0.2) is 54.6 Å². The molecule has 0 aliphatic heterocycles. The molecule has 28 heavy (non-hydrogen) atoms. The zero-order valence-electron chi connectivity index (χ0n) is 16.0. The molecular formula is C24H18N3P. The van der Waals surface area contributed by atoms with Gasteiger partial charge in [0.1, 0.15) is 0 Å². The van der Waals surface area contributed by atoms with Crippen LogP contribution < -0.4 is 15.9 Å². The van der Waals surface area contributed by atoms with Crippen molar-refractivity contribution in [3.8, 4) is 18.2 Å². The molecular weight excluding hydrogens is 361 g/mol. The van der Waals surface area contributed by atoms with Gasteiger partial charge in [-0.05, 0) is 97.7 Å². The number of hydrogen-bond donors (Lipinski definition) is 0. The van der Waals surface area contributed by atoms with Crippen molar-refractivity contribution in [1.82, 2.24) is 0 Å². The van der Waals surface area contributed by atoms with Gasteiger partial charge in [-0.2, -0.15) is 15.8 Å². The molecule has 0 saturated heterocycles. The van der Waals surface area contributed by atoms with Gasteiger partial charge in [-0.25, -0.2) is 0 Å². The van der Waals surface area contributed by atoms with Crippen molar-refractivity contribution in [3.05, 3.63) is 88.0 Å². The van der Waals surface area contributed by atoms with Crippen molar-refractivity contribution >= 4 is 23.8 Å². The molecule has 0 spiro atoms. The quantitative estimate of drug-likeness (QED) is 0.646. The van der Waals surface area contributed by atoms with Crippen LogP contribution in [0.5, 0.6) is 0 Å². The number of nitrogens with zero attached hydrogens (tertiary/aromatic N) is 3. The minimum absolute atomic E-state index is 0.643. The first kappa shape index (κ1) is 19.3. The second-order valence-corrected chi connectivity index (χ2v) is 8.79. The highest BCUT2D eigenvalue weighted by Crippen LogP contribution is 2.37. The Morgan fingerprint density at radius 2 is 0.821 bits per heavy atom. The molecule has 3 aromatic carbocycles. The lowest BCUT2D eigenvalue weighted by Gasteiger charge is -2.25. The lowest BCUT2D eigenvalue weighted by molar-refractivity contribution is 1.43. The van der Waals surface area contributed by atoms with Crippen LogP contribution >= 0.6 is 7.92 Å². The first-order valence-corrected chi connectivity index (χ1v) is 10.1. The SMILES string of the molecule is Cc1cc(C#N)ccc1P(c1ccc(C#N)cc1C)c1ccc(C#N)cc1C. The van der Waals surface area contributed by atoms with Gasteiger partial charge in [0, 0.05) is 0 Å². The zero-order chi connectivity index (χ0) is 20.3. The Labute approximate surface area is 166 Å². The summed E-state index contributed by atoms with van der Waals surface area (Å²) in [5, 5.41) is 31.2. The lowest BCUT2D eigenvalue weighted by Crippen LogP contribution is -2.26. The average Bonchev–Trinajstić information content (AvgIpc) is 2.70. The van der Waals surface area contributed by atoms with E-state index in [2.05, 4.69) is 18.2 Å². The fourth-order valence-electron chi connectivity index (χ4n) is 3.32. The number of aryl methyl sites for hydroxylation is 3. The van der Waals surface area contributed by atoms with Crippen LogP contribution in [0.25, 0.3) is 0 Å². The molecule has 0 amide bonds. The van der Waals surface area contributed by atoms with E-state index in [1.807, 2.05) is 75.4 Å². The Hall–Kier alpha value is -3.44. The minimum atomic E-state index is -0.889. The predicted octanol–water partition coefficient (Wildman–Crippen LogP) is 3.99. The van der Waals surface area contributed by atoms with Gasteiger partial charge < -0.3 is 0 Å². The van der Waals surface area contributed by atoms with Crippen LogP contribution in [-0.2, 0) is 0 Å². The summed E-state index contributed by atoms with van der Waals surface area (Å²) in [6, 6.07) is 24.0. The first-order valence-electron chi connectivity index (χ1n) is 8.81. The molecule has 3 nitrogen and oxygen atoms in total. The molecule has 134 valence electrons. The summed E-state index contributed by atoms with van der Waals surface area (Å²) < 4.78 is 0. The Morgan fingerprint density at radius 1 is 0.536 bits per heavy atom. The molecule has 4 heteroatoms. The zero-order valence-corrected chi connectivity index (χ0v) is 16.9. The maximum Gasteiger partial charge on any atom is 0.0991 e. The van der Waals surface area contributed by atoms with Crippen molar-refractivity contribution < 1.29 is 0 Å². The van der Waals surface area contributed by atoms with Crippen molar-refractivity contribution in [2.24, 2.45) is 0 Å². The van der Waals surface area contributed by atoms with Crippen LogP contribution in [0.4, 0.5) is 0 Å². The maximum atomic E-state index is 9.22. The third-order valence-electron chi connectivity index (χ3n) is 4.70. The van der Waals surface area contributed by atoms with E-state index in [0.717, 1.165) is 16.7 Å². The lowest BCUT2D eigenvalue weighted by atomic mass is 10.1. The first-order chi connectivity index (χ1) is 13.5. The Kier molecular flexibility index (Phi) is 5.57. The molecule has 0 heterocycles. The molecule has 0 bridgehead atoms. The van der Waals surface area contributed by atoms with E-state index in [9.17, 15) is 15.8 Å². The molecule has 3 aromatic rings. The van der Waals surface area contributed by atoms with Gasteiger partial charge in [-0.3, -0.25) is 0 Å². The summed E-state index contributed by atoms with van der Waals surface area (Å²) in [5.74, 6) is 0. The van der Waals surface area contributed by atoms with E-state index in [1.54, 1.807) is 0 Å². The molecule has 0 unspecified atom stereocenters. The van der Waals surface area contributed by atoms with Gasteiger partial charge in [0.25, 0.3) is 0 Å². The van der Waals surface area contributed by atoms with Gasteiger partial charge >= 0.3 is 0 Å². The van der Waals surface area contributed by atoms with Gasteiger partial charge in [0.2, 0.25) is 0 Å². The molecule has 0 aromatic heterocycles. The van der Waals surface area contributed by atoms with Crippen LogP contribution in [-0.4, -0.2) is 0 Å². The second kappa shape index (κ2) is 8.06. The third-order valence-corrected chi connectivity index (χ3v) is 7.65. The Balaban J connectivity index is 2.28. The highest BCUT2D eigenvalue weighted by Gasteiger charge is 2.22. The molecule has 0 N–H and O–H groups in total. The largest absolute Gasteiger partial charge is 0.192 e. The Morgan fingerprint density at radius 3 is 1.04 bits per heavy atom. The van der Waals surface area contributed by atoms with Crippen LogP contribution in [0.1, 0.15) is 33.4 Å².